The van der Waals surface area contributed by atoms with Gasteiger partial charge in [-0.05, 0) is 43.4 Å². The van der Waals surface area contributed by atoms with E-state index in [2.05, 4.69) is 0 Å². The predicted octanol–water partition coefficient (Wildman–Crippen LogP) is 3.25. The van der Waals surface area contributed by atoms with Crippen LogP contribution in [-0.2, 0) is 14.9 Å². The van der Waals surface area contributed by atoms with Gasteiger partial charge < -0.3 is 8.92 Å². The fraction of sp³-hybridized carbons (Fsp3) is 0.600. The van der Waals surface area contributed by atoms with Gasteiger partial charge in [0.2, 0.25) is 0 Å². The average Bonchev–Trinajstić information content (AvgIpc) is 2.34. The molecule has 20 heavy (non-hydrogen) atoms. The van der Waals surface area contributed by atoms with E-state index < -0.39 is 15.4 Å². The van der Waals surface area contributed by atoms with E-state index in [1.807, 2.05) is 32.9 Å². The predicted molar refractivity (Wildman–Crippen MR) is 80.8 cm³/mol. The molecule has 0 saturated heterocycles. The topological polar surface area (TPSA) is 52.6 Å². The van der Waals surface area contributed by atoms with Gasteiger partial charge in [-0.2, -0.15) is 8.42 Å². The Morgan fingerprint density at radius 3 is 2.40 bits per heavy atom. The third-order valence-corrected chi connectivity index (χ3v) is 4.85. The summed E-state index contributed by atoms with van der Waals surface area (Å²) in [6.45, 7) is 7.97. The van der Waals surface area contributed by atoms with Crippen LogP contribution in [0.5, 0.6) is 5.75 Å². The van der Waals surface area contributed by atoms with E-state index in [9.17, 15) is 8.42 Å². The highest BCUT2D eigenvalue weighted by Crippen LogP contribution is 2.29. The second kappa shape index (κ2) is 7.09. The van der Waals surface area contributed by atoms with Crippen LogP contribution in [0.15, 0.2) is 18.2 Å². The molecule has 0 fully saturated rings. The van der Waals surface area contributed by atoms with Crippen LogP contribution in [0.4, 0.5) is 0 Å². The molecule has 4 nitrogen and oxygen atoms in total. The molecule has 0 aliphatic rings. The SMILES string of the molecule is COCC[C@H](C)S(=O)(=O)Oc1cc(C)ccc1C(C)C. The van der Waals surface area contributed by atoms with Crippen molar-refractivity contribution in [2.75, 3.05) is 13.7 Å². The molecule has 0 unspecified atom stereocenters. The summed E-state index contributed by atoms with van der Waals surface area (Å²) < 4.78 is 34.7. The Bertz CT molecular complexity index is 535. The Balaban J connectivity index is 2.99. The summed E-state index contributed by atoms with van der Waals surface area (Å²) in [5.41, 5.74) is 1.88. The van der Waals surface area contributed by atoms with Gasteiger partial charge in [0.25, 0.3) is 0 Å². The first-order valence-electron chi connectivity index (χ1n) is 6.80. The summed E-state index contributed by atoms with van der Waals surface area (Å²) in [7, 11) is -2.09. The largest absolute Gasteiger partial charge is 0.385 e. The molecule has 1 aromatic carbocycles. The Kier molecular flexibility index (Phi) is 6.02. The van der Waals surface area contributed by atoms with Crippen molar-refractivity contribution in [3.8, 4) is 5.75 Å². The third-order valence-electron chi connectivity index (χ3n) is 3.22. The zero-order chi connectivity index (χ0) is 15.3. The van der Waals surface area contributed by atoms with Crippen molar-refractivity contribution in [2.45, 2.75) is 45.3 Å². The maximum absolute atomic E-state index is 12.2. The lowest BCUT2D eigenvalue weighted by Gasteiger charge is -2.17. The lowest BCUT2D eigenvalue weighted by Crippen LogP contribution is -2.25. The monoisotopic (exact) mass is 300 g/mol. The summed E-state index contributed by atoms with van der Waals surface area (Å²) in [5.74, 6) is 0.638. The minimum Gasteiger partial charge on any atom is -0.385 e. The van der Waals surface area contributed by atoms with Crippen LogP contribution in [0.25, 0.3) is 0 Å². The second-order valence-electron chi connectivity index (χ2n) is 5.36. The molecule has 1 rings (SSSR count). The number of rotatable bonds is 7. The van der Waals surface area contributed by atoms with Crippen molar-refractivity contribution in [3.05, 3.63) is 29.3 Å². The second-order valence-corrected chi connectivity index (χ2v) is 7.32. The maximum Gasteiger partial charge on any atom is 0.311 e. The molecule has 0 bridgehead atoms. The van der Waals surface area contributed by atoms with Crippen LogP contribution >= 0.6 is 0 Å². The van der Waals surface area contributed by atoms with Gasteiger partial charge in [0, 0.05) is 13.7 Å². The lowest BCUT2D eigenvalue weighted by molar-refractivity contribution is 0.194. The van der Waals surface area contributed by atoms with E-state index in [-0.39, 0.29) is 5.92 Å². The number of hydrogen-bond donors (Lipinski definition) is 0. The third kappa shape index (κ3) is 4.49. The Morgan fingerprint density at radius 1 is 1.20 bits per heavy atom. The summed E-state index contributed by atoms with van der Waals surface area (Å²) in [5, 5.41) is -0.594. The fourth-order valence-electron chi connectivity index (χ4n) is 1.83. The summed E-state index contributed by atoms with van der Waals surface area (Å²) in [6, 6.07) is 5.66. The van der Waals surface area contributed by atoms with Gasteiger partial charge >= 0.3 is 10.1 Å². The standard InChI is InChI=1S/C15H24O4S/c1-11(2)14-7-6-12(3)10-15(14)19-20(16,17)13(4)8-9-18-5/h6-7,10-11,13H,8-9H2,1-5H3/t13-/m0/s1. The highest BCUT2D eigenvalue weighted by Gasteiger charge is 2.24. The van der Waals surface area contributed by atoms with Gasteiger partial charge in [-0.3, -0.25) is 0 Å². The first kappa shape index (κ1) is 17.0. The van der Waals surface area contributed by atoms with E-state index in [1.54, 1.807) is 20.1 Å². The first-order valence-corrected chi connectivity index (χ1v) is 8.28. The van der Waals surface area contributed by atoms with E-state index in [4.69, 9.17) is 8.92 Å². The molecule has 114 valence electrons. The van der Waals surface area contributed by atoms with E-state index >= 15 is 0 Å². The Hall–Kier alpha value is -1.07. The molecule has 0 aliphatic heterocycles. The van der Waals surface area contributed by atoms with E-state index in [1.165, 1.54) is 0 Å². The molecular formula is C15H24O4S. The summed E-state index contributed by atoms with van der Waals surface area (Å²) >= 11 is 0. The molecule has 0 heterocycles. The van der Waals surface area contributed by atoms with Crippen LogP contribution < -0.4 is 4.18 Å². The number of benzene rings is 1. The van der Waals surface area contributed by atoms with Gasteiger partial charge in [0.1, 0.15) is 5.75 Å². The fourth-order valence-corrected chi connectivity index (χ4v) is 2.77. The summed E-state index contributed by atoms with van der Waals surface area (Å²) in [6.07, 6.45) is 0.418. The highest BCUT2D eigenvalue weighted by molar-refractivity contribution is 7.87. The zero-order valence-electron chi connectivity index (χ0n) is 12.8. The molecule has 1 aromatic rings. The number of aryl methyl sites for hydroxylation is 1. The molecule has 5 heteroatoms. The van der Waals surface area contributed by atoms with Crippen molar-refractivity contribution in [1.29, 1.82) is 0 Å². The van der Waals surface area contributed by atoms with Crippen molar-refractivity contribution < 1.29 is 17.3 Å². The van der Waals surface area contributed by atoms with Gasteiger partial charge in [-0.1, -0.05) is 26.0 Å². The number of ether oxygens (including phenoxy) is 1. The minimum atomic E-state index is -3.64. The molecule has 1 atom stereocenters. The molecule has 0 radical (unpaired) electrons. The first-order chi connectivity index (χ1) is 9.27. The Labute approximate surface area is 122 Å². The minimum absolute atomic E-state index is 0.204. The van der Waals surface area contributed by atoms with E-state index in [0.717, 1.165) is 11.1 Å². The molecule has 0 amide bonds. The van der Waals surface area contributed by atoms with Gasteiger partial charge in [0.05, 0.1) is 5.25 Å². The Morgan fingerprint density at radius 2 is 1.85 bits per heavy atom. The summed E-state index contributed by atoms with van der Waals surface area (Å²) in [4.78, 5) is 0. The molecular weight excluding hydrogens is 276 g/mol. The lowest BCUT2D eigenvalue weighted by atomic mass is 10.0. The van der Waals surface area contributed by atoms with Crippen molar-refractivity contribution in [2.24, 2.45) is 0 Å². The zero-order valence-corrected chi connectivity index (χ0v) is 13.7. The number of hydrogen-bond acceptors (Lipinski definition) is 4. The van der Waals surface area contributed by atoms with Crippen molar-refractivity contribution in [1.82, 2.24) is 0 Å². The molecule has 0 aliphatic carbocycles. The normalized spacial score (nSPS) is 13.5. The van der Waals surface area contributed by atoms with Gasteiger partial charge in [-0.25, -0.2) is 0 Å². The average molecular weight is 300 g/mol. The van der Waals surface area contributed by atoms with E-state index in [0.29, 0.717) is 18.8 Å². The quantitative estimate of drug-likeness (QED) is 0.725. The number of methoxy groups -OCH3 is 1. The molecule has 0 saturated carbocycles. The van der Waals surface area contributed by atoms with Gasteiger partial charge in [-0.15, -0.1) is 0 Å². The van der Waals surface area contributed by atoms with Crippen molar-refractivity contribution >= 4 is 10.1 Å². The maximum atomic E-state index is 12.2. The van der Waals surface area contributed by atoms with Crippen LogP contribution in [0.3, 0.4) is 0 Å². The van der Waals surface area contributed by atoms with Crippen LogP contribution in [0.2, 0.25) is 0 Å². The van der Waals surface area contributed by atoms with Crippen LogP contribution in [-0.4, -0.2) is 27.4 Å². The van der Waals surface area contributed by atoms with Crippen LogP contribution in [0.1, 0.15) is 44.2 Å². The molecule has 0 aromatic heterocycles. The van der Waals surface area contributed by atoms with Gasteiger partial charge in [0.15, 0.2) is 0 Å². The molecule has 0 spiro atoms. The highest BCUT2D eigenvalue weighted by atomic mass is 32.2. The van der Waals surface area contributed by atoms with Crippen molar-refractivity contribution in [3.63, 3.8) is 0 Å². The molecule has 0 N–H and O–H groups in total. The smallest absolute Gasteiger partial charge is 0.311 e. The van der Waals surface area contributed by atoms with Crippen LogP contribution in [0, 0.1) is 6.92 Å².